The van der Waals surface area contributed by atoms with Crippen molar-refractivity contribution >= 4 is 22.7 Å². The standard InChI is InChI=1S/C21H29NO4/c1-3-5-6-7-8-9-10-11-16-14-20(23)26-19-15-17(12-13-18(16)19)22-21(24)25-4-2/h12-15H,3-11H2,1-2H3,(H,22,24). The Hall–Kier alpha value is -2.30. The van der Waals surface area contributed by atoms with E-state index in [0.29, 0.717) is 17.9 Å². The fourth-order valence-corrected chi connectivity index (χ4v) is 3.07. The number of unbranched alkanes of at least 4 members (excludes halogenated alkanes) is 6. The molecule has 0 unspecified atom stereocenters. The molecule has 1 N–H and O–H groups in total. The Morgan fingerprint density at radius 1 is 1.04 bits per heavy atom. The maximum absolute atomic E-state index is 11.9. The molecular weight excluding hydrogens is 330 g/mol. The first kappa shape index (κ1) is 20.0. The zero-order chi connectivity index (χ0) is 18.8. The monoisotopic (exact) mass is 359 g/mol. The number of benzene rings is 1. The van der Waals surface area contributed by atoms with Gasteiger partial charge in [0.2, 0.25) is 0 Å². The molecule has 1 aromatic carbocycles. The summed E-state index contributed by atoms with van der Waals surface area (Å²) in [7, 11) is 0. The van der Waals surface area contributed by atoms with Crippen molar-refractivity contribution in [3.63, 3.8) is 0 Å². The van der Waals surface area contributed by atoms with Crippen LogP contribution in [0.15, 0.2) is 33.5 Å². The second-order valence-corrected chi connectivity index (χ2v) is 6.52. The van der Waals surface area contributed by atoms with Crippen LogP contribution in [0.25, 0.3) is 11.0 Å². The summed E-state index contributed by atoms with van der Waals surface area (Å²) in [6, 6.07) is 6.93. The van der Waals surface area contributed by atoms with E-state index < -0.39 is 6.09 Å². The van der Waals surface area contributed by atoms with E-state index in [2.05, 4.69) is 12.2 Å². The SMILES string of the molecule is CCCCCCCCCc1cc(=O)oc2cc(NC(=O)OCC)ccc12. The summed E-state index contributed by atoms with van der Waals surface area (Å²) in [5.74, 6) is 0. The minimum absolute atomic E-state index is 0.303. The molecule has 0 spiro atoms. The van der Waals surface area contributed by atoms with Gasteiger partial charge >= 0.3 is 11.7 Å². The molecule has 26 heavy (non-hydrogen) atoms. The van der Waals surface area contributed by atoms with Crippen molar-refractivity contribution in [2.45, 2.75) is 65.2 Å². The quantitative estimate of drug-likeness (QED) is 0.439. The van der Waals surface area contributed by atoms with Gasteiger partial charge in [-0.1, -0.05) is 45.4 Å². The summed E-state index contributed by atoms with van der Waals surface area (Å²) < 4.78 is 10.2. The smallest absolute Gasteiger partial charge is 0.411 e. The maximum atomic E-state index is 11.9. The molecule has 0 radical (unpaired) electrons. The highest BCUT2D eigenvalue weighted by Gasteiger charge is 2.08. The largest absolute Gasteiger partial charge is 0.450 e. The molecule has 1 amide bonds. The zero-order valence-electron chi connectivity index (χ0n) is 15.8. The van der Waals surface area contributed by atoms with Crippen LogP contribution >= 0.6 is 0 Å². The van der Waals surface area contributed by atoms with Gasteiger partial charge in [0.05, 0.1) is 6.61 Å². The van der Waals surface area contributed by atoms with Gasteiger partial charge < -0.3 is 9.15 Å². The Balaban J connectivity index is 2.01. The van der Waals surface area contributed by atoms with Crippen LogP contribution in [0.4, 0.5) is 10.5 Å². The molecule has 2 rings (SSSR count). The molecule has 0 aliphatic rings. The Bertz CT molecular complexity index is 766. The average molecular weight is 359 g/mol. The molecule has 0 bridgehead atoms. The van der Waals surface area contributed by atoms with Crippen molar-refractivity contribution in [3.05, 3.63) is 40.2 Å². The fourth-order valence-electron chi connectivity index (χ4n) is 3.07. The summed E-state index contributed by atoms with van der Waals surface area (Å²) >= 11 is 0. The number of hydrogen-bond acceptors (Lipinski definition) is 4. The molecule has 5 nitrogen and oxygen atoms in total. The van der Waals surface area contributed by atoms with Crippen molar-refractivity contribution in [1.82, 2.24) is 0 Å². The van der Waals surface area contributed by atoms with Crippen LogP contribution in [0.2, 0.25) is 0 Å². The van der Waals surface area contributed by atoms with E-state index in [4.69, 9.17) is 9.15 Å². The van der Waals surface area contributed by atoms with Gasteiger partial charge in [-0.3, -0.25) is 5.32 Å². The first-order chi connectivity index (χ1) is 12.6. The highest BCUT2D eigenvalue weighted by atomic mass is 16.5. The second kappa shape index (κ2) is 10.6. The molecule has 0 saturated carbocycles. The molecule has 0 aliphatic carbocycles. The Morgan fingerprint density at radius 2 is 1.77 bits per heavy atom. The average Bonchev–Trinajstić information content (AvgIpc) is 2.60. The molecular formula is C21H29NO4. The summed E-state index contributed by atoms with van der Waals surface area (Å²) in [5, 5.41) is 3.55. The Morgan fingerprint density at radius 3 is 2.50 bits per heavy atom. The van der Waals surface area contributed by atoms with Crippen molar-refractivity contribution in [1.29, 1.82) is 0 Å². The topological polar surface area (TPSA) is 68.5 Å². The van der Waals surface area contributed by atoms with E-state index in [0.717, 1.165) is 23.8 Å². The Labute approximate surface area is 154 Å². The molecule has 0 fully saturated rings. The number of amides is 1. The molecule has 142 valence electrons. The normalized spacial score (nSPS) is 10.8. The van der Waals surface area contributed by atoms with E-state index in [9.17, 15) is 9.59 Å². The molecule has 0 saturated heterocycles. The third-order valence-electron chi connectivity index (χ3n) is 4.40. The van der Waals surface area contributed by atoms with E-state index in [-0.39, 0.29) is 5.63 Å². The maximum Gasteiger partial charge on any atom is 0.411 e. The first-order valence-electron chi connectivity index (χ1n) is 9.64. The highest BCUT2D eigenvalue weighted by molar-refractivity contribution is 5.89. The molecule has 0 atom stereocenters. The van der Waals surface area contributed by atoms with E-state index in [1.165, 1.54) is 38.5 Å². The highest BCUT2D eigenvalue weighted by Crippen LogP contribution is 2.23. The molecule has 2 aromatic rings. The summed E-state index contributed by atoms with van der Waals surface area (Å²) in [6.07, 6.45) is 8.99. The van der Waals surface area contributed by atoms with Crippen LogP contribution in [-0.2, 0) is 11.2 Å². The first-order valence-corrected chi connectivity index (χ1v) is 9.64. The van der Waals surface area contributed by atoms with Gasteiger partial charge in [-0.05, 0) is 37.5 Å². The van der Waals surface area contributed by atoms with Crippen molar-refractivity contribution in [2.24, 2.45) is 0 Å². The predicted molar refractivity (Wildman–Crippen MR) is 105 cm³/mol. The summed E-state index contributed by atoms with van der Waals surface area (Å²) in [4.78, 5) is 23.4. The number of carbonyl (C=O) groups is 1. The number of anilines is 1. The molecule has 5 heteroatoms. The van der Waals surface area contributed by atoms with Crippen LogP contribution < -0.4 is 10.9 Å². The lowest BCUT2D eigenvalue weighted by Gasteiger charge is -2.08. The van der Waals surface area contributed by atoms with Crippen LogP contribution in [-0.4, -0.2) is 12.7 Å². The van der Waals surface area contributed by atoms with Crippen LogP contribution in [0.5, 0.6) is 0 Å². The van der Waals surface area contributed by atoms with Crippen LogP contribution in [0, 0.1) is 0 Å². The molecule has 1 heterocycles. The van der Waals surface area contributed by atoms with Gasteiger partial charge in [-0.2, -0.15) is 0 Å². The minimum Gasteiger partial charge on any atom is -0.450 e. The minimum atomic E-state index is -0.520. The van der Waals surface area contributed by atoms with Gasteiger partial charge in [0.15, 0.2) is 0 Å². The Kier molecular flexibility index (Phi) is 8.19. The number of ether oxygens (including phenoxy) is 1. The van der Waals surface area contributed by atoms with E-state index in [1.54, 1.807) is 25.1 Å². The number of nitrogens with one attached hydrogen (secondary N) is 1. The van der Waals surface area contributed by atoms with E-state index in [1.807, 2.05) is 6.07 Å². The van der Waals surface area contributed by atoms with E-state index >= 15 is 0 Å². The van der Waals surface area contributed by atoms with Crippen molar-refractivity contribution in [2.75, 3.05) is 11.9 Å². The third kappa shape index (κ3) is 6.21. The molecule has 0 aliphatic heterocycles. The number of rotatable bonds is 10. The van der Waals surface area contributed by atoms with Crippen LogP contribution in [0.3, 0.4) is 0 Å². The number of aryl methyl sites for hydroxylation is 1. The van der Waals surface area contributed by atoms with Crippen molar-refractivity contribution < 1.29 is 13.9 Å². The van der Waals surface area contributed by atoms with Crippen LogP contribution in [0.1, 0.15) is 64.4 Å². The number of fused-ring (bicyclic) bond motifs is 1. The fraction of sp³-hybridized carbons (Fsp3) is 0.524. The number of carbonyl (C=O) groups excluding carboxylic acids is 1. The molecule has 1 aromatic heterocycles. The lowest BCUT2D eigenvalue weighted by Crippen LogP contribution is -2.13. The van der Waals surface area contributed by atoms with Crippen molar-refractivity contribution in [3.8, 4) is 0 Å². The third-order valence-corrected chi connectivity index (χ3v) is 4.40. The number of hydrogen-bond donors (Lipinski definition) is 1. The van der Waals surface area contributed by atoms with Gasteiger partial charge in [0, 0.05) is 23.2 Å². The summed E-state index contributed by atoms with van der Waals surface area (Å²) in [6.45, 7) is 4.27. The summed E-state index contributed by atoms with van der Waals surface area (Å²) in [5.41, 5.74) is 1.69. The lowest BCUT2D eigenvalue weighted by atomic mass is 10.0. The second-order valence-electron chi connectivity index (χ2n) is 6.52. The zero-order valence-corrected chi connectivity index (χ0v) is 15.8. The van der Waals surface area contributed by atoms with Gasteiger partial charge in [0.25, 0.3) is 0 Å². The van der Waals surface area contributed by atoms with Gasteiger partial charge in [-0.15, -0.1) is 0 Å². The van der Waals surface area contributed by atoms with Gasteiger partial charge in [0.1, 0.15) is 5.58 Å². The lowest BCUT2D eigenvalue weighted by molar-refractivity contribution is 0.168. The van der Waals surface area contributed by atoms with Gasteiger partial charge in [-0.25, -0.2) is 9.59 Å². The predicted octanol–water partition coefficient (Wildman–Crippen LogP) is 5.65.